The van der Waals surface area contributed by atoms with Crippen LogP contribution in [0, 0.1) is 0 Å². The van der Waals surface area contributed by atoms with Crippen molar-refractivity contribution in [2.24, 2.45) is 0 Å². The second-order valence-electron chi connectivity index (χ2n) is 20.3. The average Bonchev–Trinajstić information content (AvgIpc) is 3.28. The van der Waals surface area contributed by atoms with Crippen molar-refractivity contribution < 1.29 is 42.9 Å². The molecule has 0 aromatic rings. The number of quaternary nitrogens is 1. The molecule has 0 aliphatic carbocycles. The number of carbonyl (C=O) groups is 3. The SMILES string of the molecule is CCCCCCC/C=C\C/C=C\CCCCCCCCCCCCCCCCCCCCCC(=O)OC(COC(=O)CCCCCCCCCCCC)COC(OCC[N+](C)(C)C)C(=O)O. The van der Waals surface area contributed by atoms with Crippen molar-refractivity contribution in [1.29, 1.82) is 0 Å². The van der Waals surface area contributed by atoms with E-state index in [0.717, 1.165) is 44.9 Å². The van der Waals surface area contributed by atoms with Crippen LogP contribution in [0.25, 0.3) is 0 Å². The third-order valence-corrected chi connectivity index (χ3v) is 12.5. The molecule has 0 spiro atoms. The molecule has 66 heavy (non-hydrogen) atoms. The van der Waals surface area contributed by atoms with Crippen LogP contribution in [0.3, 0.4) is 0 Å². The minimum Gasteiger partial charge on any atom is -0.477 e. The van der Waals surface area contributed by atoms with Gasteiger partial charge < -0.3 is 28.5 Å². The first-order valence-corrected chi connectivity index (χ1v) is 28.0. The van der Waals surface area contributed by atoms with Crippen molar-refractivity contribution in [3.63, 3.8) is 0 Å². The van der Waals surface area contributed by atoms with Gasteiger partial charge in [0.25, 0.3) is 6.29 Å². The van der Waals surface area contributed by atoms with E-state index in [9.17, 15) is 19.5 Å². The third-order valence-electron chi connectivity index (χ3n) is 12.5. The first-order chi connectivity index (χ1) is 32.1. The van der Waals surface area contributed by atoms with Crippen LogP contribution >= 0.6 is 0 Å². The smallest absolute Gasteiger partial charge is 0.361 e. The first-order valence-electron chi connectivity index (χ1n) is 28.0. The van der Waals surface area contributed by atoms with Gasteiger partial charge in [-0.05, 0) is 44.9 Å². The number of esters is 2. The summed E-state index contributed by atoms with van der Waals surface area (Å²) in [4.78, 5) is 37.2. The lowest BCUT2D eigenvalue weighted by atomic mass is 10.0. The summed E-state index contributed by atoms with van der Waals surface area (Å²) in [6.07, 6.45) is 54.2. The van der Waals surface area contributed by atoms with E-state index < -0.39 is 18.4 Å². The zero-order valence-electron chi connectivity index (χ0n) is 44.1. The van der Waals surface area contributed by atoms with Gasteiger partial charge in [-0.15, -0.1) is 0 Å². The molecular weight excluding hydrogens is 827 g/mol. The van der Waals surface area contributed by atoms with Gasteiger partial charge in [0, 0.05) is 12.8 Å². The number of unbranched alkanes of at least 4 members (excludes halogenated alkanes) is 33. The van der Waals surface area contributed by atoms with Crippen molar-refractivity contribution in [3.05, 3.63) is 24.3 Å². The van der Waals surface area contributed by atoms with Gasteiger partial charge in [-0.1, -0.05) is 231 Å². The molecule has 0 aliphatic heterocycles. The van der Waals surface area contributed by atoms with Crippen LogP contribution in [-0.4, -0.2) is 87.4 Å². The molecule has 0 bridgehead atoms. The molecule has 0 amide bonds. The summed E-state index contributed by atoms with van der Waals surface area (Å²) in [5.74, 6) is -1.99. The van der Waals surface area contributed by atoms with Crippen LogP contribution in [0.4, 0.5) is 0 Å². The molecular formula is C57H108NO8+. The number of aliphatic carboxylic acids is 1. The molecule has 9 nitrogen and oxygen atoms in total. The number of carboxylic acids is 1. The molecule has 9 heteroatoms. The second-order valence-corrected chi connectivity index (χ2v) is 20.3. The molecule has 0 radical (unpaired) electrons. The summed E-state index contributed by atoms with van der Waals surface area (Å²) in [5.41, 5.74) is 0. The van der Waals surface area contributed by atoms with Gasteiger partial charge in [0.1, 0.15) is 13.2 Å². The van der Waals surface area contributed by atoms with E-state index >= 15 is 0 Å². The summed E-state index contributed by atoms with van der Waals surface area (Å²) in [6.45, 7) is 4.88. The van der Waals surface area contributed by atoms with Gasteiger partial charge in [-0.3, -0.25) is 9.59 Å². The Labute approximate surface area is 407 Å². The fourth-order valence-corrected chi connectivity index (χ4v) is 8.10. The van der Waals surface area contributed by atoms with E-state index in [2.05, 4.69) is 38.2 Å². The lowest BCUT2D eigenvalue weighted by molar-refractivity contribution is -0.870. The van der Waals surface area contributed by atoms with Crippen LogP contribution in [0.15, 0.2) is 24.3 Å². The monoisotopic (exact) mass is 935 g/mol. The van der Waals surface area contributed by atoms with E-state index in [4.69, 9.17) is 18.9 Å². The maximum Gasteiger partial charge on any atom is 0.361 e. The number of nitrogens with zero attached hydrogens (tertiary/aromatic N) is 1. The normalized spacial score (nSPS) is 12.9. The number of hydrogen-bond acceptors (Lipinski definition) is 7. The van der Waals surface area contributed by atoms with Crippen LogP contribution in [0.5, 0.6) is 0 Å². The van der Waals surface area contributed by atoms with Gasteiger partial charge in [0.15, 0.2) is 6.10 Å². The summed E-state index contributed by atoms with van der Waals surface area (Å²) in [6, 6.07) is 0. The first kappa shape index (κ1) is 63.8. The molecule has 0 aliphatic rings. The standard InChI is InChI=1S/C57H107NO8/c1-6-8-10-12-14-16-18-19-20-21-22-23-24-25-26-27-28-29-30-31-32-33-34-35-36-37-38-40-42-44-46-48-55(60)66-53(52-65-57(56(61)62)63-50-49-58(3,4)5)51-64-54(59)47-45-43-41-39-17-15-13-11-9-7-2/h18-19,21-22,53,57H,6-17,20,23-52H2,1-5H3/p+1/b19-18-,22-21-. The fourth-order valence-electron chi connectivity index (χ4n) is 8.10. The van der Waals surface area contributed by atoms with E-state index in [-0.39, 0.29) is 38.2 Å². The zero-order valence-corrected chi connectivity index (χ0v) is 44.1. The molecule has 1 N–H and O–H groups in total. The van der Waals surface area contributed by atoms with Gasteiger partial charge in [-0.25, -0.2) is 4.79 Å². The quantitative estimate of drug-likeness (QED) is 0.0211. The number of ether oxygens (including phenoxy) is 4. The van der Waals surface area contributed by atoms with E-state index in [1.165, 1.54) is 193 Å². The van der Waals surface area contributed by atoms with Crippen molar-refractivity contribution in [1.82, 2.24) is 0 Å². The van der Waals surface area contributed by atoms with Gasteiger partial charge in [-0.2, -0.15) is 0 Å². The largest absolute Gasteiger partial charge is 0.477 e. The number of hydrogen-bond donors (Lipinski definition) is 1. The maximum absolute atomic E-state index is 12.8. The van der Waals surface area contributed by atoms with Crippen molar-refractivity contribution in [2.75, 3.05) is 47.5 Å². The van der Waals surface area contributed by atoms with Crippen LogP contribution in [0.2, 0.25) is 0 Å². The van der Waals surface area contributed by atoms with Gasteiger partial charge >= 0.3 is 17.9 Å². The molecule has 0 saturated carbocycles. The lowest BCUT2D eigenvalue weighted by Gasteiger charge is -2.25. The fraction of sp³-hybridized carbons (Fsp3) is 0.877. The Hall–Kier alpha value is -2.23. The molecule has 2 unspecified atom stereocenters. The zero-order chi connectivity index (χ0) is 48.4. The van der Waals surface area contributed by atoms with Crippen LogP contribution in [-0.2, 0) is 33.3 Å². The minimum atomic E-state index is -1.50. The minimum absolute atomic E-state index is 0.176. The maximum atomic E-state index is 12.8. The van der Waals surface area contributed by atoms with Crippen molar-refractivity contribution >= 4 is 17.9 Å². The van der Waals surface area contributed by atoms with Gasteiger partial charge in [0.05, 0.1) is 34.4 Å². The van der Waals surface area contributed by atoms with Crippen molar-refractivity contribution in [3.8, 4) is 0 Å². The molecule has 0 heterocycles. The Bertz CT molecular complexity index is 1130. The molecule has 0 fully saturated rings. The Balaban J connectivity index is 4.04. The summed E-state index contributed by atoms with van der Waals surface area (Å²) < 4.78 is 22.8. The summed E-state index contributed by atoms with van der Waals surface area (Å²) >= 11 is 0. The van der Waals surface area contributed by atoms with E-state index in [1.807, 2.05) is 21.1 Å². The third kappa shape index (κ3) is 49.7. The van der Waals surface area contributed by atoms with E-state index in [0.29, 0.717) is 17.4 Å². The highest BCUT2D eigenvalue weighted by Gasteiger charge is 2.25. The topological polar surface area (TPSA) is 108 Å². The predicted molar refractivity (Wildman–Crippen MR) is 277 cm³/mol. The lowest BCUT2D eigenvalue weighted by Crippen LogP contribution is -2.40. The molecule has 0 aromatic carbocycles. The summed E-state index contributed by atoms with van der Waals surface area (Å²) in [5, 5.41) is 9.66. The second kappa shape index (κ2) is 49.2. The summed E-state index contributed by atoms with van der Waals surface area (Å²) in [7, 11) is 5.97. The molecule has 2 atom stereocenters. The Morgan fingerprint density at radius 1 is 0.455 bits per heavy atom. The van der Waals surface area contributed by atoms with E-state index in [1.54, 1.807) is 0 Å². The van der Waals surface area contributed by atoms with Crippen molar-refractivity contribution in [2.45, 2.75) is 277 Å². The Morgan fingerprint density at radius 2 is 0.818 bits per heavy atom. The number of allylic oxidation sites excluding steroid dienone is 4. The highest BCUT2D eigenvalue weighted by atomic mass is 16.7. The molecule has 0 aromatic heterocycles. The number of likely N-dealkylation sites (N-methyl/N-ethyl adjacent to an activating group) is 1. The Morgan fingerprint density at radius 3 is 1.20 bits per heavy atom. The Kier molecular flexibility index (Phi) is 47.5. The van der Waals surface area contributed by atoms with Gasteiger partial charge in [0.2, 0.25) is 0 Å². The number of carbonyl (C=O) groups excluding carboxylic acids is 2. The van der Waals surface area contributed by atoms with Crippen LogP contribution in [0.1, 0.15) is 264 Å². The highest BCUT2D eigenvalue weighted by molar-refractivity contribution is 5.71. The molecule has 0 rings (SSSR count). The predicted octanol–water partition coefficient (Wildman–Crippen LogP) is 16.0. The molecule has 0 saturated heterocycles. The molecule has 388 valence electrons. The van der Waals surface area contributed by atoms with Crippen LogP contribution < -0.4 is 0 Å². The highest BCUT2D eigenvalue weighted by Crippen LogP contribution is 2.17. The number of carboxylic acid groups (broad SMARTS) is 1. The number of rotatable bonds is 52. The average molecular weight is 935 g/mol.